The number of carbonyl (C=O) groups excluding carboxylic acids is 1. The summed E-state index contributed by atoms with van der Waals surface area (Å²) in [5.74, 6) is 0.176. The Morgan fingerprint density at radius 2 is 1.48 bits per heavy atom. The van der Waals surface area contributed by atoms with Crippen molar-refractivity contribution in [1.29, 1.82) is 0 Å². The maximum Gasteiger partial charge on any atom is 0.337 e. The number of carbonyl (C=O) groups is 1. The van der Waals surface area contributed by atoms with E-state index >= 15 is 0 Å². The third-order valence-electron chi connectivity index (χ3n) is 3.31. The quantitative estimate of drug-likeness (QED) is 0.182. The number of nitrogens with zero attached hydrogens (tertiary/aromatic N) is 2. The van der Waals surface area contributed by atoms with Crippen LogP contribution in [0.4, 0.5) is 11.4 Å². The highest BCUT2D eigenvalue weighted by atomic mass is 35.5. The van der Waals surface area contributed by atoms with Crippen molar-refractivity contribution in [1.82, 2.24) is 0 Å². The Hall–Kier alpha value is -3.13. The van der Waals surface area contributed by atoms with Crippen molar-refractivity contribution in [2.24, 2.45) is 4.51 Å². The Morgan fingerprint density at radius 1 is 0.968 bits per heavy atom. The summed E-state index contributed by atoms with van der Waals surface area (Å²) in [6, 6.07) is 10.3. The maximum atomic E-state index is 11.7. The van der Waals surface area contributed by atoms with Crippen molar-refractivity contribution in [3.05, 3.63) is 63.7 Å². The number of non-ortho nitro benzene ring substituents is 1. The van der Waals surface area contributed by atoms with Crippen LogP contribution < -0.4 is 10.1 Å². The van der Waals surface area contributed by atoms with E-state index in [9.17, 15) is 14.9 Å². The van der Waals surface area contributed by atoms with Gasteiger partial charge in [-0.2, -0.15) is 4.51 Å². The number of halogens is 1. The molecule has 0 atom stereocenters. The van der Waals surface area contributed by atoms with E-state index in [0.29, 0.717) is 22.6 Å². The molecule has 31 heavy (non-hydrogen) atoms. The zero-order valence-corrected chi connectivity index (χ0v) is 20.1. The average Bonchev–Trinajstić information content (AvgIpc) is 2.85. The zero-order chi connectivity index (χ0) is 24.4. The third kappa shape index (κ3) is 9.48. The van der Waals surface area contributed by atoms with Crippen LogP contribution in [0.5, 0.6) is 5.75 Å². The van der Waals surface area contributed by atoms with Gasteiger partial charge in [-0.3, -0.25) is 10.1 Å². The van der Waals surface area contributed by atoms with Crippen LogP contribution in [0.3, 0.4) is 0 Å². The molecule has 0 unspecified atom stereocenters. The van der Waals surface area contributed by atoms with Crippen molar-refractivity contribution in [2.75, 3.05) is 19.5 Å². The van der Waals surface area contributed by atoms with Crippen LogP contribution in [0, 0.1) is 10.1 Å². The Bertz CT molecular complexity index is 824. The van der Waals surface area contributed by atoms with E-state index in [1.807, 2.05) is 41.5 Å². The predicted molar refractivity (Wildman–Crippen MR) is 127 cm³/mol. The van der Waals surface area contributed by atoms with Gasteiger partial charge in [0.1, 0.15) is 5.75 Å². The number of esters is 1. The lowest BCUT2D eigenvalue weighted by atomic mass is 10.1. The number of nitrogens with one attached hydrogen (secondary N) is 1. The molecule has 0 heterocycles. The van der Waals surface area contributed by atoms with Gasteiger partial charge in [0.2, 0.25) is 0 Å². The van der Waals surface area contributed by atoms with E-state index < -0.39 is 10.9 Å². The van der Waals surface area contributed by atoms with Crippen LogP contribution in [0.15, 0.2) is 47.0 Å². The van der Waals surface area contributed by atoms with Crippen molar-refractivity contribution in [3.8, 4) is 5.75 Å². The summed E-state index contributed by atoms with van der Waals surface area (Å²) < 4.78 is 13.6. The Kier molecular flexibility index (Phi) is 17.2. The lowest BCUT2D eigenvalue weighted by molar-refractivity contribution is -0.384. The van der Waals surface area contributed by atoms with Gasteiger partial charge in [0.25, 0.3) is 5.69 Å². The number of amidine groups is 1. The second kappa shape index (κ2) is 17.7. The molecule has 0 bridgehead atoms. The molecule has 8 nitrogen and oxygen atoms in total. The Balaban J connectivity index is 0. The van der Waals surface area contributed by atoms with Gasteiger partial charge < -0.3 is 14.8 Å². The first-order valence-corrected chi connectivity index (χ1v) is 10.3. The molecule has 0 radical (unpaired) electrons. The number of nitro benzene ring substituents is 1. The summed E-state index contributed by atoms with van der Waals surface area (Å²) in [5, 5.41) is 13.7. The molecule has 0 aliphatic carbocycles. The molecule has 9 heteroatoms. The largest absolute Gasteiger partial charge is 0.495 e. The minimum atomic E-state index is -0.509. The number of hydrogen-bond donors (Lipinski definition) is 1. The summed E-state index contributed by atoms with van der Waals surface area (Å²) in [6.45, 7) is 12.0. The summed E-state index contributed by atoms with van der Waals surface area (Å²) in [7, 11) is 2.75. The molecule has 0 aliphatic heterocycles. The number of anilines is 1. The second-order valence-electron chi connectivity index (χ2n) is 4.77. The maximum absolute atomic E-state index is 11.7. The first-order valence-electron chi connectivity index (χ1n) is 9.97. The predicted octanol–water partition coefficient (Wildman–Crippen LogP) is 6.48. The SMILES string of the molecule is CC.CC.CC.COC(=O)c1ccc(OC)c(N/C(=N/Cl)c2ccc([N+](=O)[O-])cc2)c1. The van der Waals surface area contributed by atoms with Crippen LogP contribution in [-0.2, 0) is 4.74 Å². The molecule has 0 amide bonds. The minimum Gasteiger partial charge on any atom is -0.495 e. The highest BCUT2D eigenvalue weighted by molar-refractivity contribution is 6.25. The molecule has 0 aromatic heterocycles. The van der Waals surface area contributed by atoms with E-state index in [4.69, 9.17) is 16.5 Å². The van der Waals surface area contributed by atoms with Crippen molar-refractivity contribution >= 4 is 35.0 Å². The lowest BCUT2D eigenvalue weighted by Crippen LogP contribution is -2.14. The van der Waals surface area contributed by atoms with E-state index in [-0.39, 0.29) is 11.5 Å². The average molecular weight is 454 g/mol. The molecule has 1 N–H and O–H groups in total. The molecule has 0 fully saturated rings. The van der Waals surface area contributed by atoms with Crippen molar-refractivity contribution < 1.29 is 19.2 Å². The summed E-state index contributed by atoms with van der Waals surface area (Å²) in [6.07, 6.45) is 0. The van der Waals surface area contributed by atoms with Gasteiger partial charge in [0.15, 0.2) is 5.84 Å². The van der Waals surface area contributed by atoms with Crippen LogP contribution in [0.25, 0.3) is 0 Å². The summed E-state index contributed by atoms with van der Waals surface area (Å²) >= 11 is 5.64. The summed E-state index contributed by atoms with van der Waals surface area (Å²) in [5.41, 5.74) is 1.21. The fourth-order valence-electron chi connectivity index (χ4n) is 2.06. The van der Waals surface area contributed by atoms with Gasteiger partial charge in [-0.15, -0.1) is 0 Å². The lowest BCUT2D eigenvalue weighted by Gasteiger charge is -2.13. The molecule has 2 rings (SSSR count). The number of methoxy groups -OCH3 is 2. The molecular weight excluding hydrogens is 422 g/mol. The first-order chi connectivity index (χ1) is 15.0. The monoisotopic (exact) mass is 453 g/mol. The van der Waals surface area contributed by atoms with Crippen LogP contribution in [-0.4, -0.2) is 30.9 Å². The minimum absolute atomic E-state index is 0.0528. The highest BCUT2D eigenvalue weighted by Crippen LogP contribution is 2.27. The van der Waals surface area contributed by atoms with E-state index in [2.05, 4.69) is 14.6 Å². The van der Waals surface area contributed by atoms with Crippen molar-refractivity contribution in [2.45, 2.75) is 41.5 Å². The van der Waals surface area contributed by atoms with Gasteiger partial charge >= 0.3 is 5.97 Å². The molecule has 2 aromatic carbocycles. The van der Waals surface area contributed by atoms with Gasteiger partial charge in [0.05, 0.1) is 30.4 Å². The number of hydrogen-bond acceptors (Lipinski definition) is 6. The van der Waals surface area contributed by atoms with Gasteiger partial charge in [-0.1, -0.05) is 41.5 Å². The third-order valence-corrected chi connectivity index (χ3v) is 3.48. The smallest absolute Gasteiger partial charge is 0.337 e. The number of ether oxygens (including phenoxy) is 2. The number of nitro groups is 1. The first kappa shape index (κ1) is 30.1. The second-order valence-corrected chi connectivity index (χ2v) is 4.94. The van der Waals surface area contributed by atoms with E-state index in [1.54, 1.807) is 12.1 Å². The van der Waals surface area contributed by atoms with Gasteiger partial charge in [-0.25, -0.2) is 4.79 Å². The molecule has 0 saturated carbocycles. The molecule has 0 aliphatic rings. The number of benzene rings is 2. The molecule has 0 spiro atoms. The highest BCUT2D eigenvalue weighted by Gasteiger charge is 2.14. The standard InChI is InChI=1S/C16H14ClN3O5.3C2H6/c1-24-14-8-5-11(16(21)25-2)9-13(14)18-15(19-17)10-3-6-12(7-4-10)20(22)23;3*1-2/h3-9H,1-2H3,(H,18,19);3*1-2H3. The van der Waals surface area contributed by atoms with Crippen LogP contribution >= 0.6 is 11.8 Å². The Labute approximate surface area is 189 Å². The fraction of sp³-hybridized carbons (Fsp3) is 0.364. The van der Waals surface area contributed by atoms with Crippen LogP contribution in [0.1, 0.15) is 57.5 Å². The molecular formula is C22H32ClN3O5. The van der Waals surface area contributed by atoms with Gasteiger partial charge in [0, 0.05) is 29.5 Å². The Morgan fingerprint density at radius 3 is 1.90 bits per heavy atom. The van der Waals surface area contributed by atoms with E-state index in [1.165, 1.54) is 44.6 Å². The van der Waals surface area contributed by atoms with Gasteiger partial charge in [-0.05, 0) is 30.3 Å². The fourth-order valence-corrected chi connectivity index (χ4v) is 2.20. The summed E-state index contributed by atoms with van der Waals surface area (Å²) in [4.78, 5) is 21.9. The molecule has 2 aromatic rings. The number of rotatable bonds is 5. The normalized spacial score (nSPS) is 9.39. The molecule has 172 valence electrons. The van der Waals surface area contributed by atoms with E-state index in [0.717, 1.165) is 0 Å². The zero-order valence-electron chi connectivity index (χ0n) is 19.4. The van der Waals surface area contributed by atoms with Crippen LogP contribution in [0.2, 0.25) is 0 Å². The molecule has 0 saturated heterocycles. The van der Waals surface area contributed by atoms with Crippen molar-refractivity contribution in [3.63, 3.8) is 0 Å². The topological polar surface area (TPSA) is 103 Å².